The second kappa shape index (κ2) is 6.11. The molecular formula is C13H21NO6. The Labute approximate surface area is 117 Å². The zero-order valence-electron chi connectivity index (χ0n) is 12.4. The zero-order valence-corrected chi connectivity index (χ0v) is 12.4. The fourth-order valence-corrected chi connectivity index (χ4v) is 1.91. The van der Waals surface area contributed by atoms with E-state index in [9.17, 15) is 14.4 Å². The van der Waals surface area contributed by atoms with Gasteiger partial charge in [0.1, 0.15) is 11.6 Å². The number of hydrogen-bond acceptors (Lipinski definition) is 6. The summed E-state index contributed by atoms with van der Waals surface area (Å²) in [5, 5.41) is 2.45. The van der Waals surface area contributed by atoms with E-state index in [4.69, 9.17) is 4.74 Å². The molecule has 3 atom stereocenters. The van der Waals surface area contributed by atoms with E-state index in [0.29, 0.717) is 6.42 Å². The number of carbonyl (C=O) groups is 3. The largest absolute Gasteiger partial charge is 0.469 e. The lowest BCUT2D eigenvalue weighted by Gasteiger charge is -2.22. The summed E-state index contributed by atoms with van der Waals surface area (Å²) >= 11 is 0. The quantitative estimate of drug-likeness (QED) is 0.609. The van der Waals surface area contributed by atoms with Crippen LogP contribution in [0.1, 0.15) is 27.2 Å². The van der Waals surface area contributed by atoms with Crippen LogP contribution < -0.4 is 5.32 Å². The molecule has 0 aromatic rings. The van der Waals surface area contributed by atoms with Crippen molar-refractivity contribution in [3.63, 3.8) is 0 Å². The number of carbonyl (C=O) groups excluding carboxylic acids is 3. The molecule has 0 aliphatic heterocycles. The van der Waals surface area contributed by atoms with Gasteiger partial charge in [-0.3, -0.25) is 4.79 Å². The Bertz CT molecular complexity index is 400. The molecule has 1 rings (SSSR count). The lowest BCUT2D eigenvalue weighted by Crippen LogP contribution is -2.46. The Morgan fingerprint density at radius 2 is 1.75 bits per heavy atom. The van der Waals surface area contributed by atoms with Gasteiger partial charge in [-0.05, 0) is 27.2 Å². The van der Waals surface area contributed by atoms with Crippen LogP contribution in [0.3, 0.4) is 0 Å². The highest BCUT2D eigenvalue weighted by Crippen LogP contribution is 2.42. The molecule has 7 heteroatoms. The molecule has 1 amide bonds. The maximum absolute atomic E-state index is 11.7. The van der Waals surface area contributed by atoms with Gasteiger partial charge in [0.05, 0.1) is 20.1 Å². The second-order valence-corrected chi connectivity index (χ2v) is 5.68. The molecule has 0 bridgehead atoms. The lowest BCUT2D eigenvalue weighted by atomic mass is 10.1. The third-order valence-electron chi connectivity index (χ3n) is 2.90. The van der Waals surface area contributed by atoms with Gasteiger partial charge in [-0.25, -0.2) is 9.59 Å². The van der Waals surface area contributed by atoms with Gasteiger partial charge in [0.2, 0.25) is 0 Å². The Hall–Kier alpha value is -1.79. The van der Waals surface area contributed by atoms with Crippen LogP contribution in [0.5, 0.6) is 0 Å². The number of hydrogen-bond donors (Lipinski definition) is 1. The molecule has 0 heterocycles. The summed E-state index contributed by atoms with van der Waals surface area (Å²) in [7, 11) is 2.51. The van der Waals surface area contributed by atoms with Crippen LogP contribution in [0, 0.1) is 11.8 Å². The van der Waals surface area contributed by atoms with E-state index < -0.39 is 29.7 Å². The molecule has 0 spiro atoms. The first kappa shape index (κ1) is 16.3. The van der Waals surface area contributed by atoms with E-state index in [1.165, 1.54) is 14.2 Å². The molecule has 114 valence electrons. The van der Waals surface area contributed by atoms with Gasteiger partial charge in [0, 0.05) is 5.92 Å². The number of nitrogens with one attached hydrogen (secondary N) is 1. The van der Waals surface area contributed by atoms with Crippen molar-refractivity contribution in [3.8, 4) is 0 Å². The van der Waals surface area contributed by atoms with Crippen molar-refractivity contribution in [2.75, 3.05) is 14.2 Å². The minimum atomic E-state index is -0.904. The first-order valence-corrected chi connectivity index (χ1v) is 6.34. The fourth-order valence-electron chi connectivity index (χ4n) is 1.91. The molecule has 7 nitrogen and oxygen atoms in total. The monoisotopic (exact) mass is 287 g/mol. The van der Waals surface area contributed by atoms with Crippen molar-refractivity contribution >= 4 is 18.0 Å². The molecule has 1 saturated carbocycles. The van der Waals surface area contributed by atoms with Crippen LogP contribution in [-0.4, -0.2) is 43.9 Å². The van der Waals surface area contributed by atoms with Crippen LogP contribution >= 0.6 is 0 Å². The molecule has 0 saturated heterocycles. The highest BCUT2D eigenvalue weighted by Gasteiger charge is 2.52. The van der Waals surface area contributed by atoms with Crippen molar-refractivity contribution in [3.05, 3.63) is 0 Å². The highest BCUT2D eigenvalue weighted by molar-refractivity contribution is 5.85. The summed E-state index contributed by atoms with van der Waals surface area (Å²) in [4.78, 5) is 34.8. The minimum Gasteiger partial charge on any atom is -0.469 e. The summed E-state index contributed by atoms with van der Waals surface area (Å²) in [6.45, 7) is 5.15. The number of methoxy groups -OCH3 is 2. The van der Waals surface area contributed by atoms with Crippen molar-refractivity contribution < 1.29 is 28.6 Å². The van der Waals surface area contributed by atoms with Crippen molar-refractivity contribution in [2.45, 2.75) is 38.8 Å². The van der Waals surface area contributed by atoms with Gasteiger partial charge in [-0.15, -0.1) is 0 Å². The topological polar surface area (TPSA) is 90.9 Å². The molecule has 1 aliphatic rings. The molecule has 1 aliphatic carbocycles. The summed E-state index contributed by atoms with van der Waals surface area (Å²) < 4.78 is 14.4. The van der Waals surface area contributed by atoms with Crippen LogP contribution in [0.4, 0.5) is 4.79 Å². The van der Waals surface area contributed by atoms with Crippen molar-refractivity contribution in [1.82, 2.24) is 5.32 Å². The summed E-state index contributed by atoms with van der Waals surface area (Å²) in [6.07, 6.45) is -0.245. The number of amides is 1. The average Bonchev–Trinajstić information content (AvgIpc) is 3.11. The highest BCUT2D eigenvalue weighted by atomic mass is 16.6. The van der Waals surface area contributed by atoms with Crippen molar-refractivity contribution in [2.24, 2.45) is 11.8 Å². The molecule has 0 unspecified atom stereocenters. The Kier molecular flexibility index (Phi) is 4.97. The molecule has 0 aromatic heterocycles. The van der Waals surface area contributed by atoms with Crippen LogP contribution in [0.2, 0.25) is 0 Å². The Morgan fingerprint density at radius 1 is 1.15 bits per heavy atom. The third kappa shape index (κ3) is 4.40. The lowest BCUT2D eigenvalue weighted by molar-refractivity contribution is -0.145. The van der Waals surface area contributed by atoms with E-state index in [2.05, 4.69) is 14.8 Å². The summed E-state index contributed by atoms with van der Waals surface area (Å²) in [6, 6.07) is -0.904. The van der Waals surface area contributed by atoms with E-state index in [0.717, 1.165) is 0 Å². The van der Waals surface area contributed by atoms with Gasteiger partial charge in [-0.1, -0.05) is 0 Å². The Morgan fingerprint density at radius 3 is 2.20 bits per heavy atom. The standard InChI is InChI=1S/C13H21NO6/c1-13(2,3)20-12(17)14-9(11(16)19-5)7-6-8(7)10(15)18-4/h7-9H,6H2,1-5H3,(H,14,17)/t7-,8-,9+/m0/s1. The number of ether oxygens (including phenoxy) is 3. The molecule has 1 fully saturated rings. The van der Waals surface area contributed by atoms with Gasteiger partial charge >= 0.3 is 18.0 Å². The molecule has 0 aromatic carbocycles. The fraction of sp³-hybridized carbons (Fsp3) is 0.769. The van der Waals surface area contributed by atoms with E-state index >= 15 is 0 Å². The van der Waals surface area contributed by atoms with Gasteiger partial charge < -0.3 is 19.5 Å². The van der Waals surface area contributed by atoms with Gasteiger partial charge in [0.25, 0.3) is 0 Å². The number of rotatable bonds is 4. The zero-order chi connectivity index (χ0) is 15.5. The van der Waals surface area contributed by atoms with Gasteiger partial charge in [-0.2, -0.15) is 0 Å². The summed E-state index contributed by atoms with van der Waals surface area (Å²) in [5.41, 5.74) is -0.671. The summed E-state index contributed by atoms with van der Waals surface area (Å²) in [5.74, 6) is -1.70. The van der Waals surface area contributed by atoms with Gasteiger partial charge in [0.15, 0.2) is 0 Å². The van der Waals surface area contributed by atoms with E-state index in [-0.39, 0.29) is 11.8 Å². The third-order valence-corrected chi connectivity index (χ3v) is 2.90. The van der Waals surface area contributed by atoms with Crippen molar-refractivity contribution in [1.29, 1.82) is 0 Å². The predicted octanol–water partition coefficient (Wildman–Crippen LogP) is 0.862. The van der Waals surface area contributed by atoms with Crippen LogP contribution in [-0.2, 0) is 23.8 Å². The second-order valence-electron chi connectivity index (χ2n) is 5.68. The minimum absolute atomic E-state index is 0.317. The first-order chi connectivity index (χ1) is 9.19. The molecule has 20 heavy (non-hydrogen) atoms. The van der Waals surface area contributed by atoms with Crippen LogP contribution in [0.15, 0.2) is 0 Å². The SMILES string of the molecule is COC(=O)[C@H]1C[C@@H]1[C@@H](NC(=O)OC(C)(C)C)C(=O)OC. The predicted molar refractivity (Wildman–Crippen MR) is 68.8 cm³/mol. The molecular weight excluding hydrogens is 266 g/mol. The smallest absolute Gasteiger partial charge is 0.408 e. The maximum atomic E-state index is 11.7. The maximum Gasteiger partial charge on any atom is 0.408 e. The first-order valence-electron chi connectivity index (χ1n) is 6.34. The van der Waals surface area contributed by atoms with E-state index in [1.54, 1.807) is 20.8 Å². The average molecular weight is 287 g/mol. The molecule has 0 radical (unpaired) electrons. The molecule has 1 N–H and O–H groups in total. The number of alkyl carbamates (subject to hydrolysis) is 1. The van der Waals surface area contributed by atoms with E-state index in [1.807, 2.05) is 0 Å². The van der Waals surface area contributed by atoms with Crippen LogP contribution in [0.25, 0.3) is 0 Å². The normalized spacial score (nSPS) is 22.4. The number of esters is 2. The Balaban J connectivity index is 2.66.